The van der Waals surface area contributed by atoms with Gasteiger partial charge in [0, 0.05) is 13.0 Å². The van der Waals surface area contributed by atoms with Gasteiger partial charge in [0.2, 0.25) is 5.91 Å². The number of rotatable bonds is 4. The fourth-order valence-corrected chi connectivity index (χ4v) is 2.25. The summed E-state index contributed by atoms with van der Waals surface area (Å²) in [6.45, 7) is 1.43. The zero-order valence-corrected chi connectivity index (χ0v) is 10.4. The summed E-state index contributed by atoms with van der Waals surface area (Å²) in [6.07, 6.45) is 3.46. The van der Waals surface area contributed by atoms with Crippen molar-refractivity contribution >= 4 is 5.91 Å². The highest BCUT2D eigenvalue weighted by atomic mass is 16.5. The van der Waals surface area contributed by atoms with E-state index in [1.54, 1.807) is 0 Å². The third-order valence-corrected chi connectivity index (χ3v) is 3.69. The molecule has 0 aromatic heterocycles. The van der Waals surface area contributed by atoms with Gasteiger partial charge >= 0.3 is 0 Å². The summed E-state index contributed by atoms with van der Waals surface area (Å²) in [6, 6.07) is 6.25. The number of nitrogens with one attached hydrogen (secondary N) is 1. The molecule has 0 spiro atoms. The minimum absolute atomic E-state index is 0.00741. The Labute approximate surface area is 107 Å². The van der Waals surface area contributed by atoms with E-state index in [1.807, 2.05) is 6.07 Å². The van der Waals surface area contributed by atoms with Gasteiger partial charge < -0.3 is 15.8 Å². The number of fused-ring (bicyclic) bond motifs is 1. The first-order valence-corrected chi connectivity index (χ1v) is 6.49. The molecule has 1 saturated carbocycles. The maximum absolute atomic E-state index is 11.6. The average molecular weight is 246 g/mol. The van der Waals surface area contributed by atoms with Crippen LogP contribution in [0.15, 0.2) is 18.2 Å². The van der Waals surface area contributed by atoms with E-state index in [9.17, 15) is 4.79 Å². The molecule has 1 amide bonds. The molecule has 1 aliphatic heterocycles. The SMILES string of the molecule is NC1(C(=O)NCCc2ccc3c(c2)CCO3)CC1. The summed E-state index contributed by atoms with van der Waals surface area (Å²) >= 11 is 0. The number of benzene rings is 1. The van der Waals surface area contributed by atoms with Gasteiger partial charge in [-0.25, -0.2) is 0 Å². The van der Waals surface area contributed by atoms with E-state index in [1.165, 1.54) is 11.1 Å². The smallest absolute Gasteiger partial charge is 0.240 e. The average Bonchev–Trinajstić information content (AvgIpc) is 2.95. The first-order chi connectivity index (χ1) is 8.67. The summed E-state index contributed by atoms with van der Waals surface area (Å²) in [4.78, 5) is 11.6. The third-order valence-electron chi connectivity index (χ3n) is 3.69. The van der Waals surface area contributed by atoms with Crippen LogP contribution in [-0.4, -0.2) is 24.6 Å². The van der Waals surface area contributed by atoms with Crippen molar-refractivity contribution in [1.82, 2.24) is 5.32 Å². The van der Waals surface area contributed by atoms with Crippen molar-refractivity contribution < 1.29 is 9.53 Å². The Balaban J connectivity index is 1.52. The summed E-state index contributed by atoms with van der Waals surface area (Å²) < 4.78 is 5.46. The van der Waals surface area contributed by atoms with E-state index in [0.717, 1.165) is 38.0 Å². The topological polar surface area (TPSA) is 64.4 Å². The summed E-state index contributed by atoms with van der Waals surface area (Å²) in [5.41, 5.74) is 7.76. The zero-order valence-electron chi connectivity index (χ0n) is 10.4. The molecule has 1 aliphatic carbocycles. The Morgan fingerprint density at radius 1 is 1.44 bits per heavy atom. The Kier molecular flexibility index (Phi) is 2.74. The van der Waals surface area contributed by atoms with Crippen LogP contribution in [0.5, 0.6) is 5.75 Å². The summed E-state index contributed by atoms with van der Waals surface area (Å²) in [5.74, 6) is 0.994. The predicted octanol–water partition coefficient (Wildman–Crippen LogP) is 0.771. The molecule has 0 saturated heterocycles. The monoisotopic (exact) mass is 246 g/mol. The molecule has 0 radical (unpaired) electrons. The van der Waals surface area contributed by atoms with Crippen LogP contribution >= 0.6 is 0 Å². The third kappa shape index (κ3) is 2.20. The first-order valence-electron chi connectivity index (χ1n) is 6.49. The van der Waals surface area contributed by atoms with Crippen LogP contribution in [0.1, 0.15) is 24.0 Å². The van der Waals surface area contributed by atoms with Gasteiger partial charge in [0.15, 0.2) is 0 Å². The quantitative estimate of drug-likeness (QED) is 0.825. The normalized spacial score (nSPS) is 18.9. The number of hydrogen-bond donors (Lipinski definition) is 2. The lowest BCUT2D eigenvalue weighted by Gasteiger charge is -2.10. The maximum Gasteiger partial charge on any atom is 0.240 e. The van der Waals surface area contributed by atoms with Crippen LogP contribution in [0.3, 0.4) is 0 Å². The lowest BCUT2D eigenvalue weighted by molar-refractivity contribution is -0.123. The second kappa shape index (κ2) is 4.28. The molecule has 0 bridgehead atoms. The van der Waals surface area contributed by atoms with Crippen molar-refractivity contribution in [2.75, 3.05) is 13.2 Å². The fourth-order valence-electron chi connectivity index (χ4n) is 2.25. The molecule has 4 nitrogen and oxygen atoms in total. The molecule has 1 aromatic rings. The Morgan fingerprint density at radius 2 is 2.28 bits per heavy atom. The lowest BCUT2D eigenvalue weighted by Crippen LogP contribution is -2.43. The predicted molar refractivity (Wildman–Crippen MR) is 68.5 cm³/mol. The van der Waals surface area contributed by atoms with Gasteiger partial charge in [-0.05, 0) is 36.5 Å². The van der Waals surface area contributed by atoms with Gasteiger partial charge in [-0.1, -0.05) is 12.1 Å². The van der Waals surface area contributed by atoms with Crippen molar-refractivity contribution in [3.8, 4) is 5.75 Å². The van der Waals surface area contributed by atoms with Crippen molar-refractivity contribution in [3.63, 3.8) is 0 Å². The molecule has 4 heteroatoms. The summed E-state index contributed by atoms with van der Waals surface area (Å²) in [7, 11) is 0. The van der Waals surface area contributed by atoms with E-state index in [0.29, 0.717) is 6.54 Å². The van der Waals surface area contributed by atoms with Crippen molar-refractivity contribution in [3.05, 3.63) is 29.3 Å². The Bertz CT molecular complexity index is 481. The highest BCUT2D eigenvalue weighted by Gasteiger charge is 2.45. The molecule has 1 heterocycles. The van der Waals surface area contributed by atoms with Gasteiger partial charge in [0.25, 0.3) is 0 Å². The standard InChI is InChI=1S/C14H18N2O2/c15-14(5-6-14)13(17)16-7-3-10-1-2-12-11(9-10)4-8-18-12/h1-2,9H,3-8,15H2,(H,16,17). The highest BCUT2D eigenvalue weighted by molar-refractivity contribution is 5.88. The number of carbonyl (C=O) groups is 1. The molecular weight excluding hydrogens is 228 g/mol. The molecule has 0 unspecified atom stereocenters. The van der Waals surface area contributed by atoms with Crippen LogP contribution in [-0.2, 0) is 17.6 Å². The van der Waals surface area contributed by atoms with Gasteiger partial charge in [0.05, 0.1) is 12.1 Å². The van der Waals surface area contributed by atoms with E-state index < -0.39 is 5.54 Å². The molecule has 0 atom stereocenters. The van der Waals surface area contributed by atoms with Gasteiger partial charge in [0.1, 0.15) is 5.75 Å². The molecule has 18 heavy (non-hydrogen) atoms. The first kappa shape index (κ1) is 11.5. The minimum atomic E-state index is -0.564. The van der Waals surface area contributed by atoms with Gasteiger partial charge in [-0.2, -0.15) is 0 Å². The van der Waals surface area contributed by atoms with Crippen LogP contribution in [0.4, 0.5) is 0 Å². The second-order valence-corrected chi connectivity index (χ2v) is 5.20. The lowest BCUT2D eigenvalue weighted by atomic mass is 10.1. The van der Waals surface area contributed by atoms with Gasteiger partial charge in [-0.15, -0.1) is 0 Å². The zero-order chi connectivity index (χ0) is 12.6. The molecular formula is C14H18N2O2. The molecule has 1 aromatic carbocycles. The molecule has 3 N–H and O–H groups in total. The van der Waals surface area contributed by atoms with Crippen LogP contribution in [0.25, 0.3) is 0 Å². The number of ether oxygens (including phenoxy) is 1. The Morgan fingerprint density at radius 3 is 3.06 bits per heavy atom. The van der Waals surface area contributed by atoms with E-state index in [2.05, 4.69) is 17.4 Å². The maximum atomic E-state index is 11.6. The second-order valence-electron chi connectivity index (χ2n) is 5.20. The van der Waals surface area contributed by atoms with Crippen molar-refractivity contribution in [2.45, 2.75) is 31.2 Å². The van der Waals surface area contributed by atoms with E-state index in [4.69, 9.17) is 10.5 Å². The Hall–Kier alpha value is -1.55. The number of amides is 1. The summed E-state index contributed by atoms with van der Waals surface area (Å²) in [5, 5.41) is 2.91. The van der Waals surface area contributed by atoms with Crippen LogP contribution in [0, 0.1) is 0 Å². The van der Waals surface area contributed by atoms with Crippen molar-refractivity contribution in [2.24, 2.45) is 5.73 Å². The molecule has 1 fully saturated rings. The largest absolute Gasteiger partial charge is 0.493 e. The van der Waals surface area contributed by atoms with Crippen molar-refractivity contribution in [1.29, 1.82) is 0 Å². The fraction of sp³-hybridized carbons (Fsp3) is 0.500. The van der Waals surface area contributed by atoms with E-state index >= 15 is 0 Å². The number of carbonyl (C=O) groups excluding carboxylic acids is 1. The van der Waals surface area contributed by atoms with Gasteiger partial charge in [-0.3, -0.25) is 4.79 Å². The highest BCUT2D eigenvalue weighted by Crippen LogP contribution is 2.32. The van der Waals surface area contributed by atoms with E-state index in [-0.39, 0.29) is 5.91 Å². The molecule has 3 rings (SSSR count). The number of hydrogen-bond acceptors (Lipinski definition) is 3. The van der Waals surface area contributed by atoms with Crippen LogP contribution in [0.2, 0.25) is 0 Å². The molecule has 96 valence electrons. The number of nitrogens with two attached hydrogens (primary N) is 1. The molecule has 2 aliphatic rings. The van der Waals surface area contributed by atoms with Crippen LogP contribution < -0.4 is 15.8 Å². The minimum Gasteiger partial charge on any atom is -0.493 e.